The van der Waals surface area contributed by atoms with Crippen LogP contribution in [-0.2, 0) is 6.42 Å². The van der Waals surface area contributed by atoms with E-state index in [0.717, 1.165) is 13.1 Å². The monoisotopic (exact) mass is 244 g/mol. The lowest BCUT2D eigenvalue weighted by atomic mass is 10.1. The van der Waals surface area contributed by atoms with Crippen molar-refractivity contribution in [2.75, 3.05) is 19.6 Å². The normalized spacial score (nSPS) is 11.6. The predicted octanol–water partition coefficient (Wildman–Crippen LogP) is 3.75. The van der Waals surface area contributed by atoms with Gasteiger partial charge in [0.1, 0.15) is 0 Å². The lowest BCUT2D eigenvalue weighted by molar-refractivity contribution is 0.300. The molecule has 98 valence electrons. The molecule has 0 fully saturated rings. The molecule has 1 aromatic carbocycles. The van der Waals surface area contributed by atoms with Crippen molar-refractivity contribution in [3.05, 3.63) is 35.5 Å². The molecule has 1 aromatic heterocycles. The van der Waals surface area contributed by atoms with Gasteiger partial charge in [0, 0.05) is 17.1 Å². The van der Waals surface area contributed by atoms with E-state index in [4.69, 9.17) is 0 Å². The average Bonchev–Trinajstić information content (AvgIpc) is 2.77. The Morgan fingerprint density at radius 1 is 1.17 bits per heavy atom. The first-order valence-corrected chi connectivity index (χ1v) is 7.03. The fraction of sp³-hybridized carbons (Fsp3) is 0.500. The molecule has 2 heteroatoms. The van der Waals surface area contributed by atoms with E-state index in [-0.39, 0.29) is 0 Å². The van der Waals surface area contributed by atoms with Gasteiger partial charge in [0.25, 0.3) is 0 Å². The minimum absolute atomic E-state index is 1.16. The van der Waals surface area contributed by atoms with Crippen LogP contribution in [0.2, 0.25) is 0 Å². The number of aryl methyl sites for hydroxylation is 2. The third-order valence-corrected chi connectivity index (χ3v) is 3.74. The maximum Gasteiger partial charge on any atom is 0.0456 e. The largest absolute Gasteiger partial charge is 0.361 e. The van der Waals surface area contributed by atoms with Crippen LogP contribution in [0.3, 0.4) is 0 Å². The highest BCUT2D eigenvalue weighted by molar-refractivity contribution is 5.83. The van der Waals surface area contributed by atoms with Gasteiger partial charge in [-0.05, 0) is 57.1 Å². The first-order valence-electron chi connectivity index (χ1n) is 7.03. The number of nitrogens with one attached hydrogen (secondary N) is 1. The molecule has 0 unspecified atom stereocenters. The lowest BCUT2D eigenvalue weighted by Crippen LogP contribution is -2.24. The van der Waals surface area contributed by atoms with E-state index < -0.39 is 0 Å². The molecule has 1 heterocycles. The summed E-state index contributed by atoms with van der Waals surface area (Å²) in [5.41, 5.74) is 4.06. The summed E-state index contributed by atoms with van der Waals surface area (Å²) in [5.74, 6) is 0. The molecule has 0 amide bonds. The molecular weight excluding hydrogens is 220 g/mol. The lowest BCUT2D eigenvalue weighted by Gasteiger charge is -2.17. The number of hydrogen-bond acceptors (Lipinski definition) is 1. The molecule has 0 aliphatic heterocycles. The molecule has 1 N–H and O–H groups in total. The smallest absolute Gasteiger partial charge is 0.0456 e. The van der Waals surface area contributed by atoms with Gasteiger partial charge in [-0.2, -0.15) is 0 Å². The Morgan fingerprint density at radius 3 is 2.67 bits per heavy atom. The Bertz CT molecular complexity index is 495. The molecule has 0 aliphatic rings. The van der Waals surface area contributed by atoms with E-state index in [2.05, 4.69) is 55.1 Å². The van der Waals surface area contributed by atoms with Crippen molar-refractivity contribution in [1.82, 2.24) is 9.88 Å². The molecule has 18 heavy (non-hydrogen) atoms. The van der Waals surface area contributed by atoms with Crippen LogP contribution in [-0.4, -0.2) is 29.5 Å². The first kappa shape index (κ1) is 13.2. The topological polar surface area (TPSA) is 19.0 Å². The summed E-state index contributed by atoms with van der Waals surface area (Å²) < 4.78 is 0. The summed E-state index contributed by atoms with van der Waals surface area (Å²) >= 11 is 0. The molecule has 0 saturated heterocycles. The molecule has 0 radical (unpaired) electrons. The Hall–Kier alpha value is -1.28. The number of H-pyrrole nitrogens is 1. The third kappa shape index (κ3) is 2.94. The Balaban J connectivity index is 2.01. The standard InChI is InChI=1S/C16H24N2/c1-4-18(5-2)10-6-7-14-12-17-16-9-8-13(3)11-15(14)16/h8-9,11-12,17H,4-7,10H2,1-3H3. The van der Waals surface area contributed by atoms with Gasteiger partial charge < -0.3 is 9.88 Å². The molecule has 0 saturated carbocycles. The minimum Gasteiger partial charge on any atom is -0.361 e. The van der Waals surface area contributed by atoms with E-state index in [1.807, 2.05) is 0 Å². The van der Waals surface area contributed by atoms with Gasteiger partial charge in [-0.3, -0.25) is 0 Å². The maximum atomic E-state index is 3.37. The van der Waals surface area contributed by atoms with Crippen LogP contribution in [0.5, 0.6) is 0 Å². The fourth-order valence-electron chi connectivity index (χ4n) is 2.53. The highest BCUT2D eigenvalue weighted by Gasteiger charge is 2.05. The number of aromatic amines is 1. The second kappa shape index (κ2) is 6.05. The minimum atomic E-state index is 1.16. The third-order valence-electron chi connectivity index (χ3n) is 3.74. The van der Waals surface area contributed by atoms with Crippen LogP contribution < -0.4 is 0 Å². The highest BCUT2D eigenvalue weighted by Crippen LogP contribution is 2.20. The molecule has 0 spiro atoms. The van der Waals surface area contributed by atoms with Gasteiger partial charge >= 0.3 is 0 Å². The Labute approximate surface area is 110 Å². The number of fused-ring (bicyclic) bond motifs is 1. The highest BCUT2D eigenvalue weighted by atomic mass is 15.1. The van der Waals surface area contributed by atoms with Crippen molar-refractivity contribution in [2.45, 2.75) is 33.6 Å². The number of hydrogen-bond donors (Lipinski definition) is 1. The van der Waals surface area contributed by atoms with Crippen LogP contribution in [0.1, 0.15) is 31.4 Å². The van der Waals surface area contributed by atoms with Crippen molar-refractivity contribution in [3.8, 4) is 0 Å². The molecule has 0 aliphatic carbocycles. The number of aromatic nitrogens is 1. The van der Waals surface area contributed by atoms with E-state index in [1.54, 1.807) is 0 Å². The molecule has 0 bridgehead atoms. The SMILES string of the molecule is CCN(CC)CCCc1c[nH]c2ccc(C)cc12. The Kier molecular flexibility index (Phi) is 4.43. The Morgan fingerprint density at radius 2 is 1.94 bits per heavy atom. The quantitative estimate of drug-likeness (QED) is 0.820. The molecule has 0 atom stereocenters. The van der Waals surface area contributed by atoms with E-state index in [9.17, 15) is 0 Å². The average molecular weight is 244 g/mol. The van der Waals surface area contributed by atoms with Gasteiger partial charge in [0.05, 0.1) is 0 Å². The predicted molar refractivity (Wildman–Crippen MR) is 79.1 cm³/mol. The molecule has 2 aromatic rings. The number of benzene rings is 1. The molecule has 2 nitrogen and oxygen atoms in total. The summed E-state index contributed by atoms with van der Waals surface area (Å²) in [7, 11) is 0. The second-order valence-corrected chi connectivity index (χ2v) is 4.99. The van der Waals surface area contributed by atoms with Crippen LogP contribution in [0.25, 0.3) is 10.9 Å². The maximum absolute atomic E-state index is 3.37. The van der Waals surface area contributed by atoms with Crippen LogP contribution >= 0.6 is 0 Å². The van der Waals surface area contributed by atoms with Gasteiger partial charge in [0.2, 0.25) is 0 Å². The van der Waals surface area contributed by atoms with Crippen molar-refractivity contribution in [2.24, 2.45) is 0 Å². The summed E-state index contributed by atoms with van der Waals surface area (Å²) in [6.07, 6.45) is 4.58. The van der Waals surface area contributed by atoms with Crippen molar-refractivity contribution >= 4 is 10.9 Å². The van der Waals surface area contributed by atoms with Gasteiger partial charge in [-0.15, -0.1) is 0 Å². The number of rotatable bonds is 6. The van der Waals surface area contributed by atoms with Crippen LogP contribution in [0.4, 0.5) is 0 Å². The summed E-state index contributed by atoms with van der Waals surface area (Å²) in [4.78, 5) is 5.85. The van der Waals surface area contributed by atoms with Gasteiger partial charge in [0.15, 0.2) is 0 Å². The van der Waals surface area contributed by atoms with E-state index in [0.29, 0.717) is 0 Å². The van der Waals surface area contributed by atoms with E-state index >= 15 is 0 Å². The zero-order valence-electron chi connectivity index (χ0n) is 11.8. The second-order valence-electron chi connectivity index (χ2n) is 4.99. The molecular formula is C16H24N2. The number of nitrogens with zero attached hydrogens (tertiary/aromatic N) is 1. The molecule has 2 rings (SSSR count). The van der Waals surface area contributed by atoms with E-state index in [1.165, 1.54) is 41.4 Å². The summed E-state index contributed by atoms with van der Waals surface area (Å²) in [6, 6.07) is 6.63. The summed E-state index contributed by atoms with van der Waals surface area (Å²) in [5, 5.41) is 1.40. The zero-order chi connectivity index (χ0) is 13.0. The zero-order valence-corrected chi connectivity index (χ0v) is 11.8. The van der Waals surface area contributed by atoms with Crippen molar-refractivity contribution in [1.29, 1.82) is 0 Å². The summed E-state index contributed by atoms with van der Waals surface area (Å²) in [6.45, 7) is 10.1. The van der Waals surface area contributed by atoms with Gasteiger partial charge in [-0.25, -0.2) is 0 Å². The fourth-order valence-corrected chi connectivity index (χ4v) is 2.53. The van der Waals surface area contributed by atoms with Gasteiger partial charge in [-0.1, -0.05) is 25.5 Å². The van der Waals surface area contributed by atoms with Crippen LogP contribution in [0.15, 0.2) is 24.4 Å². The van der Waals surface area contributed by atoms with Crippen LogP contribution in [0, 0.1) is 6.92 Å². The first-order chi connectivity index (χ1) is 8.74. The van der Waals surface area contributed by atoms with Crippen molar-refractivity contribution < 1.29 is 0 Å². The van der Waals surface area contributed by atoms with Crippen molar-refractivity contribution in [3.63, 3.8) is 0 Å².